The number of benzene rings is 2. The van der Waals surface area contributed by atoms with Crippen LogP contribution in [0.5, 0.6) is 5.75 Å². The Balaban J connectivity index is 1.28. The fraction of sp³-hybridized carbons (Fsp3) is 0.429. The van der Waals surface area contributed by atoms with Gasteiger partial charge in [-0.1, -0.05) is 19.1 Å². The fourth-order valence-electron chi connectivity index (χ4n) is 4.41. The van der Waals surface area contributed by atoms with Crippen LogP contribution in [0.1, 0.15) is 42.4 Å². The lowest BCUT2D eigenvalue weighted by Gasteiger charge is -2.34. The first-order chi connectivity index (χ1) is 17.0. The Morgan fingerprint density at radius 2 is 1.74 bits per heavy atom. The fourth-order valence-corrected chi connectivity index (χ4v) is 5.23. The van der Waals surface area contributed by atoms with E-state index in [0.717, 1.165) is 73.4 Å². The Morgan fingerprint density at radius 3 is 2.34 bits per heavy atom. The zero-order valence-corrected chi connectivity index (χ0v) is 22.1. The Labute approximate surface area is 213 Å². The summed E-state index contributed by atoms with van der Waals surface area (Å²) in [7, 11) is 1.67. The number of rotatable bonds is 9. The van der Waals surface area contributed by atoms with Crippen LogP contribution in [0.2, 0.25) is 0 Å². The number of thiazole rings is 1. The SMILES string of the molecule is CCN(Cc1ccc(C(=O)N2CCN(Cc3csc(-c4ccc(OC)cc4)n3)CC2)cc1)C(C)C. The number of hydrogen-bond acceptors (Lipinski definition) is 6. The van der Waals surface area contributed by atoms with Gasteiger partial charge in [-0.25, -0.2) is 4.98 Å². The predicted octanol–water partition coefficient (Wildman–Crippen LogP) is 5.01. The standard InChI is InChI=1S/C28H36N4O2S/c1-5-31(21(2)3)18-22-6-8-24(9-7-22)28(33)32-16-14-30(15-17-32)19-25-20-35-27(29-25)23-10-12-26(34-4)13-11-23/h6-13,20-21H,5,14-19H2,1-4H3. The number of methoxy groups -OCH3 is 1. The number of nitrogens with zero attached hydrogens (tertiary/aromatic N) is 4. The van der Waals surface area contributed by atoms with Crippen molar-refractivity contribution in [2.75, 3.05) is 39.8 Å². The molecule has 1 fully saturated rings. The van der Waals surface area contributed by atoms with Crippen LogP contribution >= 0.6 is 11.3 Å². The monoisotopic (exact) mass is 492 g/mol. The maximum Gasteiger partial charge on any atom is 0.253 e. The van der Waals surface area contributed by atoms with Crippen molar-refractivity contribution >= 4 is 17.2 Å². The first-order valence-corrected chi connectivity index (χ1v) is 13.3. The third kappa shape index (κ3) is 6.48. The van der Waals surface area contributed by atoms with Gasteiger partial charge in [0.25, 0.3) is 5.91 Å². The van der Waals surface area contributed by atoms with Crippen LogP contribution in [0.4, 0.5) is 0 Å². The average molecular weight is 493 g/mol. The summed E-state index contributed by atoms with van der Waals surface area (Å²) >= 11 is 1.67. The summed E-state index contributed by atoms with van der Waals surface area (Å²) in [6, 6.07) is 16.7. The number of carbonyl (C=O) groups is 1. The summed E-state index contributed by atoms with van der Waals surface area (Å²) in [6.07, 6.45) is 0. The number of amides is 1. The van der Waals surface area contributed by atoms with Crippen LogP contribution in [0.25, 0.3) is 10.6 Å². The van der Waals surface area contributed by atoms with Crippen LogP contribution in [0.15, 0.2) is 53.9 Å². The summed E-state index contributed by atoms with van der Waals surface area (Å²) < 4.78 is 5.24. The minimum Gasteiger partial charge on any atom is -0.497 e. The van der Waals surface area contributed by atoms with Crippen LogP contribution in [-0.2, 0) is 13.1 Å². The van der Waals surface area contributed by atoms with Gasteiger partial charge in [-0.15, -0.1) is 11.3 Å². The van der Waals surface area contributed by atoms with Gasteiger partial charge in [0.2, 0.25) is 0 Å². The van der Waals surface area contributed by atoms with Crippen molar-refractivity contribution in [3.8, 4) is 16.3 Å². The van der Waals surface area contributed by atoms with Gasteiger partial charge in [0.15, 0.2) is 0 Å². The number of carbonyl (C=O) groups excluding carboxylic acids is 1. The molecule has 1 aromatic heterocycles. The summed E-state index contributed by atoms with van der Waals surface area (Å²) in [5.74, 6) is 0.978. The van der Waals surface area contributed by atoms with Crippen molar-refractivity contribution in [3.63, 3.8) is 0 Å². The third-order valence-corrected chi connectivity index (χ3v) is 7.60. The molecule has 0 aliphatic carbocycles. The van der Waals surface area contributed by atoms with Crippen molar-refractivity contribution in [2.45, 2.75) is 39.9 Å². The summed E-state index contributed by atoms with van der Waals surface area (Å²) in [6.45, 7) is 12.6. The van der Waals surface area contributed by atoms with Gasteiger partial charge in [0.1, 0.15) is 10.8 Å². The highest BCUT2D eigenvalue weighted by molar-refractivity contribution is 7.13. The van der Waals surface area contributed by atoms with E-state index in [0.29, 0.717) is 6.04 Å². The van der Waals surface area contributed by atoms with E-state index in [-0.39, 0.29) is 5.91 Å². The third-order valence-electron chi connectivity index (χ3n) is 6.66. The van der Waals surface area contributed by atoms with E-state index in [1.165, 1.54) is 5.56 Å². The molecular weight excluding hydrogens is 456 g/mol. The largest absolute Gasteiger partial charge is 0.497 e. The highest BCUT2D eigenvalue weighted by Gasteiger charge is 2.23. The molecule has 0 N–H and O–H groups in total. The van der Waals surface area contributed by atoms with Crippen LogP contribution in [-0.4, -0.2) is 71.5 Å². The molecule has 35 heavy (non-hydrogen) atoms. The van der Waals surface area contributed by atoms with Gasteiger partial charge in [0.05, 0.1) is 12.8 Å². The predicted molar refractivity (Wildman–Crippen MR) is 143 cm³/mol. The summed E-state index contributed by atoms with van der Waals surface area (Å²) in [5, 5.41) is 3.16. The maximum atomic E-state index is 13.0. The Kier molecular flexibility index (Phi) is 8.55. The number of hydrogen-bond donors (Lipinski definition) is 0. The Bertz CT molecular complexity index is 1090. The van der Waals surface area contributed by atoms with E-state index >= 15 is 0 Å². The highest BCUT2D eigenvalue weighted by Crippen LogP contribution is 2.26. The van der Waals surface area contributed by atoms with E-state index < -0.39 is 0 Å². The van der Waals surface area contributed by atoms with Crippen molar-refractivity contribution in [1.29, 1.82) is 0 Å². The molecule has 0 radical (unpaired) electrons. The Morgan fingerprint density at radius 1 is 1.06 bits per heavy atom. The molecule has 4 rings (SSSR count). The highest BCUT2D eigenvalue weighted by atomic mass is 32.1. The van der Waals surface area contributed by atoms with Crippen molar-refractivity contribution in [3.05, 3.63) is 70.7 Å². The van der Waals surface area contributed by atoms with Crippen LogP contribution < -0.4 is 4.74 Å². The van der Waals surface area contributed by atoms with E-state index in [4.69, 9.17) is 9.72 Å². The molecule has 0 spiro atoms. The molecule has 2 aromatic carbocycles. The lowest BCUT2D eigenvalue weighted by atomic mass is 10.1. The number of aromatic nitrogens is 1. The first kappa shape index (κ1) is 25.4. The first-order valence-electron chi connectivity index (χ1n) is 12.4. The van der Waals surface area contributed by atoms with Gasteiger partial charge in [-0.05, 0) is 62.4 Å². The molecule has 7 heteroatoms. The lowest BCUT2D eigenvalue weighted by Crippen LogP contribution is -2.48. The molecule has 0 saturated carbocycles. The molecular formula is C28H36N4O2S. The Hall–Kier alpha value is -2.74. The van der Waals surface area contributed by atoms with Crippen molar-refractivity contribution < 1.29 is 9.53 Å². The molecule has 186 valence electrons. The number of ether oxygens (including phenoxy) is 1. The van der Waals surface area contributed by atoms with Crippen molar-refractivity contribution in [2.24, 2.45) is 0 Å². The molecule has 1 saturated heterocycles. The van der Waals surface area contributed by atoms with E-state index in [1.54, 1.807) is 18.4 Å². The topological polar surface area (TPSA) is 48.9 Å². The average Bonchev–Trinajstić information content (AvgIpc) is 3.36. The lowest BCUT2D eigenvalue weighted by molar-refractivity contribution is 0.0627. The second-order valence-corrected chi connectivity index (χ2v) is 10.2. The normalized spacial score (nSPS) is 14.6. The van der Waals surface area contributed by atoms with Crippen LogP contribution in [0, 0.1) is 0 Å². The van der Waals surface area contributed by atoms with Crippen molar-refractivity contribution in [1.82, 2.24) is 19.7 Å². The molecule has 1 aliphatic heterocycles. The minimum atomic E-state index is 0.128. The van der Waals surface area contributed by atoms with Gasteiger partial charge >= 0.3 is 0 Å². The van der Waals surface area contributed by atoms with Gasteiger partial charge in [0, 0.05) is 61.8 Å². The molecule has 0 bridgehead atoms. The quantitative estimate of drug-likeness (QED) is 0.420. The smallest absolute Gasteiger partial charge is 0.253 e. The maximum absolute atomic E-state index is 13.0. The van der Waals surface area contributed by atoms with E-state index in [1.807, 2.05) is 41.3 Å². The van der Waals surface area contributed by atoms with Gasteiger partial charge < -0.3 is 9.64 Å². The van der Waals surface area contributed by atoms with Gasteiger partial charge in [-0.2, -0.15) is 0 Å². The van der Waals surface area contributed by atoms with E-state index in [2.05, 4.69) is 48.1 Å². The molecule has 6 nitrogen and oxygen atoms in total. The van der Waals surface area contributed by atoms with E-state index in [9.17, 15) is 4.79 Å². The molecule has 1 amide bonds. The second-order valence-electron chi connectivity index (χ2n) is 9.29. The molecule has 1 aliphatic rings. The molecule has 3 aromatic rings. The number of piperazine rings is 1. The minimum absolute atomic E-state index is 0.128. The summed E-state index contributed by atoms with van der Waals surface area (Å²) in [4.78, 5) is 24.6. The second kappa shape index (κ2) is 11.8. The molecule has 0 atom stereocenters. The molecule has 0 unspecified atom stereocenters. The molecule has 2 heterocycles. The van der Waals surface area contributed by atoms with Crippen LogP contribution in [0.3, 0.4) is 0 Å². The summed E-state index contributed by atoms with van der Waals surface area (Å²) in [5.41, 5.74) is 4.21. The zero-order valence-electron chi connectivity index (χ0n) is 21.2. The van der Waals surface area contributed by atoms with Gasteiger partial charge in [-0.3, -0.25) is 14.6 Å². The zero-order chi connectivity index (χ0) is 24.8.